The maximum Gasteiger partial charge on any atom is 0.117 e. The molecule has 0 radical (unpaired) electrons. The van der Waals surface area contributed by atoms with Crippen LogP contribution in [0.1, 0.15) is 26.0 Å². The summed E-state index contributed by atoms with van der Waals surface area (Å²) in [4.78, 5) is 4.83. The third-order valence-corrected chi connectivity index (χ3v) is 3.77. The zero-order valence-corrected chi connectivity index (χ0v) is 12.3. The van der Waals surface area contributed by atoms with Gasteiger partial charge < -0.3 is 14.4 Å². The fourth-order valence-corrected chi connectivity index (χ4v) is 3.21. The molecule has 0 spiro atoms. The Morgan fingerprint density at radius 3 is 2.84 bits per heavy atom. The van der Waals surface area contributed by atoms with Crippen LogP contribution in [0.25, 0.3) is 0 Å². The van der Waals surface area contributed by atoms with Crippen molar-refractivity contribution in [2.75, 3.05) is 33.3 Å². The van der Waals surface area contributed by atoms with E-state index in [2.05, 4.69) is 30.7 Å². The van der Waals surface area contributed by atoms with Crippen molar-refractivity contribution in [2.45, 2.75) is 32.9 Å². The summed E-state index contributed by atoms with van der Waals surface area (Å²) in [5.74, 6) is 1.00. The lowest BCUT2D eigenvalue weighted by molar-refractivity contribution is 0.117. The summed E-state index contributed by atoms with van der Waals surface area (Å²) in [6, 6.07) is 4.35. The van der Waals surface area contributed by atoms with Crippen molar-refractivity contribution in [3.05, 3.63) is 24.2 Å². The van der Waals surface area contributed by atoms with Crippen molar-refractivity contribution >= 4 is 0 Å². The van der Waals surface area contributed by atoms with Crippen LogP contribution in [0, 0.1) is 5.41 Å². The number of hydrogen-bond donors (Lipinski definition) is 1. The van der Waals surface area contributed by atoms with E-state index in [1.165, 1.54) is 0 Å². The molecule has 108 valence electrons. The highest BCUT2D eigenvalue weighted by Gasteiger charge is 2.32. The molecule has 1 aliphatic rings. The zero-order chi connectivity index (χ0) is 13.9. The van der Waals surface area contributed by atoms with Crippen LogP contribution in [0.5, 0.6) is 0 Å². The second kappa shape index (κ2) is 6.07. The maximum atomic E-state index is 9.30. The van der Waals surface area contributed by atoms with Crippen LogP contribution in [0.2, 0.25) is 0 Å². The molecule has 1 atom stereocenters. The molecule has 0 saturated carbocycles. The van der Waals surface area contributed by atoms with Gasteiger partial charge >= 0.3 is 0 Å². The summed E-state index contributed by atoms with van der Waals surface area (Å²) in [6.45, 7) is 8.80. The van der Waals surface area contributed by atoms with Crippen molar-refractivity contribution in [2.24, 2.45) is 5.41 Å². The molecular weight excluding hydrogens is 240 g/mol. The Morgan fingerprint density at radius 1 is 1.42 bits per heavy atom. The molecule has 2 rings (SSSR count). The normalized spacial score (nSPS) is 25.4. The smallest absolute Gasteiger partial charge is 0.117 e. The van der Waals surface area contributed by atoms with Crippen LogP contribution in [-0.2, 0) is 6.54 Å². The Hall–Kier alpha value is -0.840. The molecule has 4 heteroatoms. The van der Waals surface area contributed by atoms with Crippen molar-refractivity contribution in [1.29, 1.82) is 0 Å². The quantitative estimate of drug-likeness (QED) is 0.902. The monoisotopic (exact) mass is 266 g/mol. The van der Waals surface area contributed by atoms with Crippen molar-refractivity contribution in [3.8, 4) is 0 Å². The molecule has 1 saturated heterocycles. The average molecular weight is 266 g/mol. The van der Waals surface area contributed by atoms with Crippen LogP contribution in [0.3, 0.4) is 0 Å². The van der Waals surface area contributed by atoms with E-state index in [-0.39, 0.29) is 12.0 Å². The topological polar surface area (TPSA) is 39.9 Å². The molecule has 4 nitrogen and oxygen atoms in total. The molecular formula is C15H26N2O2. The van der Waals surface area contributed by atoms with Gasteiger partial charge in [-0.3, -0.25) is 4.90 Å². The minimum absolute atomic E-state index is 0.244. The van der Waals surface area contributed by atoms with Crippen LogP contribution >= 0.6 is 0 Å². The molecule has 19 heavy (non-hydrogen) atoms. The van der Waals surface area contributed by atoms with E-state index in [9.17, 15) is 5.11 Å². The summed E-state index contributed by atoms with van der Waals surface area (Å²) in [5, 5.41) is 9.30. The van der Waals surface area contributed by atoms with Gasteiger partial charge in [0, 0.05) is 32.3 Å². The van der Waals surface area contributed by atoms with Gasteiger partial charge in [0.2, 0.25) is 0 Å². The van der Waals surface area contributed by atoms with E-state index >= 15 is 0 Å². The first-order valence-electron chi connectivity index (χ1n) is 7.06. The number of hydrogen-bond acceptors (Lipinski definition) is 4. The molecule has 0 amide bonds. The summed E-state index contributed by atoms with van der Waals surface area (Å²) in [5.41, 5.74) is 0.256. The molecule has 0 aromatic carbocycles. The minimum atomic E-state index is 0.244. The predicted octanol–water partition coefficient (Wildman–Crippen LogP) is 1.80. The van der Waals surface area contributed by atoms with Gasteiger partial charge in [0.25, 0.3) is 0 Å². The molecule has 1 unspecified atom stereocenters. The first-order valence-corrected chi connectivity index (χ1v) is 7.06. The third kappa shape index (κ3) is 4.06. The van der Waals surface area contributed by atoms with Crippen LogP contribution in [0.15, 0.2) is 22.8 Å². The molecule has 1 N–H and O–H groups in total. The molecule has 1 aromatic rings. The molecule has 1 fully saturated rings. The Labute approximate surface area is 116 Å². The van der Waals surface area contributed by atoms with Gasteiger partial charge in [-0.05, 0) is 31.0 Å². The van der Waals surface area contributed by atoms with Crippen LogP contribution in [-0.4, -0.2) is 54.2 Å². The van der Waals surface area contributed by atoms with Crippen molar-refractivity contribution in [1.82, 2.24) is 9.80 Å². The van der Waals surface area contributed by atoms with Crippen LogP contribution in [0.4, 0.5) is 0 Å². The van der Waals surface area contributed by atoms with Crippen molar-refractivity contribution in [3.63, 3.8) is 0 Å². The Bertz CT molecular complexity index is 376. The van der Waals surface area contributed by atoms with Gasteiger partial charge in [-0.15, -0.1) is 0 Å². The number of likely N-dealkylation sites (N-methyl/N-ethyl adjacent to an activating group) is 1. The number of nitrogens with zero attached hydrogens (tertiary/aromatic N) is 2. The lowest BCUT2D eigenvalue weighted by atomic mass is 9.92. The zero-order valence-electron chi connectivity index (χ0n) is 12.3. The highest BCUT2D eigenvalue weighted by atomic mass is 16.3. The van der Waals surface area contributed by atoms with Crippen LogP contribution < -0.4 is 0 Å². The van der Waals surface area contributed by atoms with E-state index in [0.29, 0.717) is 6.04 Å². The lowest BCUT2D eigenvalue weighted by Gasteiger charge is -2.33. The lowest BCUT2D eigenvalue weighted by Crippen LogP contribution is -2.41. The first-order chi connectivity index (χ1) is 9.00. The Morgan fingerprint density at radius 2 is 2.21 bits per heavy atom. The standard InChI is InChI=1S/C15H26N2O2/c1-15(2)11-16(3)9-13(6-7-18)17(12-15)10-14-5-4-8-19-14/h4-5,8,13,18H,6-7,9-12H2,1-3H3. The van der Waals surface area contributed by atoms with E-state index in [1.54, 1.807) is 6.26 Å². The van der Waals surface area contributed by atoms with E-state index in [1.807, 2.05) is 12.1 Å². The highest BCUT2D eigenvalue weighted by molar-refractivity contribution is 4.99. The molecule has 1 aliphatic heterocycles. The van der Waals surface area contributed by atoms with Gasteiger partial charge in [0.05, 0.1) is 12.8 Å². The summed E-state index contributed by atoms with van der Waals surface area (Å²) < 4.78 is 5.48. The van der Waals surface area contributed by atoms with Crippen molar-refractivity contribution < 1.29 is 9.52 Å². The SMILES string of the molecule is CN1CC(CCO)N(Cc2ccco2)CC(C)(C)C1. The van der Waals surface area contributed by atoms with E-state index < -0.39 is 0 Å². The third-order valence-electron chi connectivity index (χ3n) is 3.77. The second-order valence-electron chi connectivity index (χ2n) is 6.51. The van der Waals surface area contributed by atoms with Gasteiger partial charge in [-0.2, -0.15) is 0 Å². The van der Waals surface area contributed by atoms with Gasteiger partial charge in [0.15, 0.2) is 0 Å². The minimum Gasteiger partial charge on any atom is -0.468 e. The molecule has 0 aliphatic carbocycles. The predicted molar refractivity (Wildman–Crippen MR) is 75.9 cm³/mol. The highest BCUT2D eigenvalue weighted by Crippen LogP contribution is 2.26. The number of rotatable bonds is 4. The van der Waals surface area contributed by atoms with Gasteiger partial charge in [0.1, 0.15) is 5.76 Å². The first kappa shape index (κ1) is 14.6. The van der Waals surface area contributed by atoms with E-state index in [4.69, 9.17) is 4.42 Å². The Balaban J connectivity index is 2.13. The van der Waals surface area contributed by atoms with Gasteiger partial charge in [-0.1, -0.05) is 13.8 Å². The summed E-state index contributed by atoms with van der Waals surface area (Å²) in [7, 11) is 2.17. The van der Waals surface area contributed by atoms with E-state index in [0.717, 1.165) is 38.4 Å². The maximum absolute atomic E-state index is 9.30. The molecule has 2 heterocycles. The Kier molecular flexibility index (Phi) is 4.66. The fourth-order valence-electron chi connectivity index (χ4n) is 3.21. The molecule has 0 bridgehead atoms. The largest absolute Gasteiger partial charge is 0.468 e. The summed E-state index contributed by atoms with van der Waals surface area (Å²) >= 11 is 0. The summed E-state index contributed by atoms with van der Waals surface area (Å²) in [6.07, 6.45) is 2.55. The average Bonchev–Trinajstić information content (AvgIpc) is 2.75. The second-order valence-corrected chi connectivity index (χ2v) is 6.51. The molecule has 1 aromatic heterocycles. The van der Waals surface area contributed by atoms with Gasteiger partial charge in [-0.25, -0.2) is 0 Å². The number of aliphatic hydroxyl groups excluding tert-OH is 1. The number of furan rings is 1. The number of aliphatic hydroxyl groups is 1. The fraction of sp³-hybridized carbons (Fsp3) is 0.733.